The van der Waals surface area contributed by atoms with E-state index in [1.165, 1.54) is 93.6 Å². The van der Waals surface area contributed by atoms with Crippen LogP contribution in [0.15, 0.2) is 192 Å². The van der Waals surface area contributed by atoms with Crippen LogP contribution in [0.25, 0.3) is 88.1 Å². The number of allylic oxidation sites excluding steroid dienone is 1. The van der Waals surface area contributed by atoms with Crippen LogP contribution in [0.2, 0.25) is 0 Å². The molecule has 0 bridgehead atoms. The molecule has 1 aliphatic rings. The van der Waals surface area contributed by atoms with Gasteiger partial charge in [-0.2, -0.15) is 0 Å². The summed E-state index contributed by atoms with van der Waals surface area (Å²) in [7, 11) is 0. The number of para-hydroxylation sites is 5. The Morgan fingerprint density at radius 3 is 1.78 bits per heavy atom. The topological polar surface area (TPSA) is 23.0 Å². The second kappa shape index (κ2) is 11.7. The van der Waals surface area contributed by atoms with Gasteiger partial charge in [-0.1, -0.05) is 133 Å². The van der Waals surface area contributed by atoms with Crippen LogP contribution in [0.1, 0.15) is 22.6 Å². The highest BCUT2D eigenvalue weighted by Crippen LogP contribution is 2.44. The summed E-state index contributed by atoms with van der Waals surface area (Å²) in [6, 6.07) is 66.2. The standard InChI is InChI=1S/C52H34N2O/c1-2-14-37(15-3-1)53-46-22-9-6-17-40(46)44-30-33(25-27-48(44)53)34-26-28-49-45(31-34)41-18-7-10-23-47(41)54(49)50-32-36(29-35-13-4-5-16-38(35)50)39-20-12-21-43-42-19-8-11-24-51(42)55-52(39)43/h1-28,30-32,36H,29H2. The van der Waals surface area contributed by atoms with Gasteiger partial charge in [0.05, 0.1) is 27.8 Å². The molecule has 3 aromatic heterocycles. The van der Waals surface area contributed by atoms with Crippen molar-refractivity contribution in [3.8, 4) is 16.8 Å². The van der Waals surface area contributed by atoms with Gasteiger partial charge in [0.15, 0.2) is 0 Å². The quantitative estimate of drug-likeness (QED) is 0.179. The van der Waals surface area contributed by atoms with Crippen molar-refractivity contribution in [3.63, 3.8) is 0 Å². The van der Waals surface area contributed by atoms with E-state index in [9.17, 15) is 0 Å². The number of aromatic nitrogens is 2. The van der Waals surface area contributed by atoms with Crippen molar-refractivity contribution in [1.29, 1.82) is 0 Å². The monoisotopic (exact) mass is 702 g/mol. The summed E-state index contributed by atoms with van der Waals surface area (Å²) in [5.74, 6) is 0.148. The number of hydrogen-bond acceptors (Lipinski definition) is 1. The van der Waals surface area contributed by atoms with Crippen LogP contribution in [0.3, 0.4) is 0 Å². The predicted octanol–water partition coefficient (Wildman–Crippen LogP) is 13.7. The van der Waals surface area contributed by atoms with Gasteiger partial charge in [-0.3, -0.25) is 0 Å². The van der Waals surface area contributed by atoms with Gasteiger partial charge in [-0.15, -0.1) is 0 Å². The van der Waals surface area contributed by atoms with E-state index in [2.05, 4.69) is 197 Å². The molecule has 0 spiro atoms. The van der Waals surface area contributed by atoms with Crippen LogP contribution in [0.5, 0.6) is 0 Å². The molecule has 11 aromatic rings. The molecule has 0 N–H and O–H groups in total. The van der Waals surface area contributed by atoms with Gasteiger partial charge in [0.1, 0.15) is 11.2 Å². The van der Waals surface area contributed by atoms with Gasteiger partial charge in [-0.25, -0.2) is 0 Å². The van der Waals surface area contributed by atoms with E-state index in [0.717, 1.165) is 17.6 Å². The summed E-state index contributed by atoms with van der Waals surface area (Å²) in [6.07, 6.45) is 3.40. The molecule has 3 nitrogen and oxygen atoms in total. The third-order valence-corrected chi connectivity index (χ3v) is 11.9. The number of rotatable bonds is 4. The van der Waals surface area contributed by atoms with Crippen LogP contribution in [-0.2, 0) is 6.42 Å². The molecule has 3 heteroatoms. The van der Waals surface area contributed by atoms with Crippen LogP contribution < -0.4 is 0 Å². The van der Waals surface area contributed by atoms with Crippen LogP contribution in [-0.4, -0.2) is 9.13 Å². The molecule has 258 valence electrons. The van der Waals surface area contributed by atoms with Crippen molar-refractivity contribution in [2.24, 2.45) is 0 Å². The lowest BCUT2D eigenvalue weighted by Gasteiger charge is -2.26. The molecular formula is C52H34N2O. The third kappa shape index (κ3) is 4.50. The Labute approximate surface area is 317 Å². The van der Waals surface area contributed by atoms with Crippen molar-refractivity contribution in [2.75, 3.05) is 0 Å². The first-order valence-corrected chi connectivity index (χ1v) is 19.1. The molecule has 12 rings (SSSR count). The Hall–Kier alpha value is -7.10. The molecule has 1 atom stereocenters. The second-order valence-corrected chi connectivity index (χ2v) is 14.8. The van der Waals surface area contributed by atoms with Crippen molar-refractivity contribution in [3.05, 3.63) is 205 Å². The predicted molar refractivity (Wildman–Crippen MR) is 229 cm³/mol. The number of furan rings is 1. The zero-order chi connectivity index (χ0) is 36.0. The highest BCUT2D eigenvalue weighted by Gasteiger charge is 2.27. The zero-order valence-corrected chi connectivity index (χ0v) is 30.0. The Kier molecular flexibility index (Phi) is 6.46. The molecule has 0 radical (unpaired) electrons. The second-order valence-electron chi connectivity index (χ2n) is 14.8. The largest absolute Gasteiger partial charge is 0.456 e. The maximum Gasteiger partial charge on any atom is 0.139 e. The molecule has 8 aromatic carbocycles. The van der Waals surface area contributed by atoms with Crippen LogP contribution in [0.4, 0.5) is 0 Å². The van der Waals surface area contributed by atoms with Crippen molar-refractivity contribution >= 4 is 71.2 Å². The molecule has 0 amide bonds. The fourth-order valence-electron chi connectivity index (χ4n) is 9.40. The molecule has 0 fully saturated rings. The first-order chi connectivity index (χ1) is 27.3. The van der Waals surface area contributed by atoms with Crippen LogP contribution in [0, 0.1) is 0 Å². The summed E-state index contributed by atoms with van der Waals surface area (Å²) in [4.78, 5) is 0. The third-order valence-electron chi connectivity index (χ3n) is 11.9. The average molecular weight is 703 g/mol. The lowest BCUT2D eigenvalue weighted by Crippen LogP contribution is -2.13. The minimum atomic E-state index is 0.148. The van der Waals surface area contributed by atoms with Gasteiger partial charge in [0.25, 0.3) is 0 Å². The summed E-state index contributed by atoms with van der Waals surface area (Å²) in [5, 5.41) is 7.36. The smallest absolute Gasteiger partial charge is 0.139 e. The Morgan fingerprint density at radius 2 is 1.02 bits per heavy atom. The number of benzene rings is 8. The molecule has 0 saturated carbocycles. The molecule has 3 heterocycles. The Balaban J connectivity index is 1.05. The summed E-state index contributed by atoms with van der Waals surface area (Å²) >= 11 is 0. The van der Waals surface area contributed by atoms with Gasteiger partial charge in [0.2, 0.25) is 0 Å². The highest BCUT2D eigenvalue weighted by molar-refractivity contribution is 6.14. The Bertz CT molecular complexity index is 3360. The van der Waals surface area contributed by atoms with E-state index >= 15 is 0 Å². The number of fused-ring (bicyclic) bond motifs is 10. The van der Waals surface area contributed by atoms with E-state index in [4.69, 9.17) is 4.42 Å². The van der Waals surface area contributed by atoms with Gasteiger partial charge in [-0.05, 0) is 77.7 Å². The summed E-state index contributed by atoms with van der Waals surface area (Å²) < 4.78 is 11.5. The van der Waals surface area contributed by atoms with E-state index in [1.807, 2.05) is 0 Å². The minimum absolute atomic E-state index is 0.148. The molecule has 0 aliphatic heterocycles. The first kappa shape index (κ1) is 30.4. The molecule has 1 unspecified atom stereocenters. The van der Waals surface area contributed by atoms with Crippen molar-refractivity contribution < 1.29 is 4.42 Å². The first-order valence-electron chi connectivity index (χ1n) is 19.1. The van der Waals surface area contributed by atoms with E-state index in [0.29, 0.717) is 0 Å². The molecule has 55 heavy (non-hydrogen) atoms. The van der Waals surface area contributed by atoms with E-state index in [1.54, 1.807) is 0 Å². The van der Waals surface area contributed by atoms with Gasteiger partial charge in [0, 0.05) is 55.0 Å². The highest BCUT2D eigenvalue weighted by atomic mass is 16.3. The number of hydrogen-bond donors (Lipinski definition) is 0. The van der Waals surface area contributed by atoms with Gasteiger partial charge >= 0.3 is 0 Å². The lowest BCUT2D eigenvalue weighted by atomic mass is 9.83. The number of nitrogens with zero attached hydrogens (tertiary/aromatic N) is 2. The van der Waals surface area contributed by atoms with Crippen molar-refractivity contribution in [2.45, 2.75) is 12.3 Å². The Morgan fingerprint density at radius 1 is 0.436 bits per heavy atom. The van der Waals surface area contributed by atoms with Gasteiger partial charge < -0.3 is 13.6 Å². The minimum Gasteiger partial charge on any atom is -0.456 e. The van der Waals surface area contributed by atoms with E-state index < -0.39 is 0 Å². The fourth-order valence-corrected chi connectivity index (χ4v) is 9.40. The lowest BCUT2D eigenvalue weighted by molar-refractivity contribution is 0.656. The zero-order valence-electron chi connectivity index (χ0n) is 30.0. The maximum atomic E-state index is 6.58. The SMILES string of the molecule is C1=C(n2c3ccccc3c3cc(-c4ccc5c(c4)c4ccccc4n5-c4ccccc4)ccc32)c2ccccc2CC1c1cccc2c1oc1ccccc12. The maximum absolute atomic E-state index is 6.58. The molecule has 1 aliphatic carbocycles. The molecular weight excluding hydrogens is 669 g/mol. The fraction of sp³-hybridized carbons (Fsp3) is 0.0385. The average Bonchev–Trinajstić information content (AvgIpc) is 3.91. The summed E-state index contributed by atoms with van der Waals surface area (Å²) in [6.45, 7) is 0. The van der Waals surface area contributed by atoms with Crippen molar-refractivity contribution in [1.82, 2.24) is 9.13 Å². The van der Waals surface area contributed by atoms with Crippen LogP contribution >= 0.6 is 0 Å². The molecule has 0 saturated heterocycles. The normalized spacial score (nSPS) is 14.4. The van der Waals surface area contributed by atoms with E-state index in [-0.39, 0.29) is 5.92 Å². The summed E-state index contributed by atoms with van der Waals surface area (Å²) in [5.41, 5.74) is 15.4.